The first-order valence-corrected chi connectivity index (χ1v) is 9.05. The van der Waals surface area contributed by atoms with E-state index in [2.05, 4.69) is 10.6 Å². The van der Waals surface area contributed by atoms with Gasteiger partial charge in [0, 0.05) is 0 Å². The van der Waals surface area contributed by atoms with Crippen molar-refractivity contribution in [1.29, 1.82) is 0 Å². The number of carbonyl (C=O) groups is 2. The zero-order chi connectivity index (χ0) is 19.1. The van der Waals surface area contributed by atoms with Crippen molar-refractivity contribution in [2.24, 2.45) is 5.92 Å². The third-order valence-electron chi connectivity index (χ3n) is 4.33. The number of ether oxygens (including phenoxy) is 2. The summed E-state index contributed by atoms with van der Waals surface area (Å²) in [4.78, 5) is 24.1. The Morgan fingerprint density at radius 1 is 1.11 bits per heavy atom. The Morgan fingerprint density at radius 3 is 2.59 bits per heavy atom. The van der Waals surface area contributed by atoms with E-state index in [9.17, 15) is 9.59 Å². The van der Waals surface area contributed by atoms with E-state index in [1.54, 1.807) is 18.2 Å². The molecule has 0 bridgehead atoms. The zero-order valence-corrected chi connectivity index (χ0v) is 15.4. The largest absolute Gasteiger partial charge is 0.487 e. The van der Waals surface area contributed by atoms with Crippen molar-refractivity contribution in [3.05, 3.63) is 59.7 Å². The summed E-state index contributed by atoms with van der Waals surface area (Å²) in [6, 6.07) is 14.6. The SMILES string of the molecule is COC(=O)c1ccc(OCc2ccccc2)c(NC(=O)CNCC2CC2)c1. The van der Waals surface area contributed by atoms with Gasteiger partial charge in [0.1, 0.15) is 12.4 Å². The van der Waals surface area contributed by atoms with Gasteiger partial charge in [-0.15, -0.1) is 0 Å². The van der Waals surface area contributed by atoms with Gasteiger partial charge >= 0.3 is 5.97 Å². The molecule has 2 aromatic rings. The predicted molar refractivity (Wildman–Crippen MR) is 103 cm³/mol. The predicted octanol–water partition coefficient (Wildman–Crippen LogP) is 2.99. The summed E-state index contributed by atoms with van der Waals surface area (Å²) in [6.45, 7) is 1.44. The highest BCUT2D eigenvalue weighted by atomic mass is 16.5. The van der Waals surface area contributed by atoms with Crippen molar-refractivity contribution in [3.63, 3.8) is 0 Å². The van der Waals surface area contributed by atoms with E-state index in [0.29, 0.717) is 29.5 Å². The fraction of sp³-hybridized carbons (Fsp3) is 0.333. The summed E-state index contributed by atoms with van der Waals surface area (Å²) in [5.41, 5.74) is 1.82. The van der Waals surface area contributed by atoms with E-state index in [1.807, 2.05) is 30.3 Å². The Balaban J connectivity index is 1.68. The third-order valence-corrected chi connectivity index (χ3v) is 4.33. The van der Waals surface area contributed by atoms with E-state index in [0.717, 1.165) is 12.1 Å². The van der Waals surface area contributed by atoms with Gasteiger partial charge in [-0.25, -0.2) is 4.79 Å². The van der Waals surface area contributed by atoms with Crippen molar-refractivity contribution < 1.29 is 19.1 Å². The van der Waals surface area contributed by atoms with E-state index >= 15 is 0 Å². The first-order valence-electron chi connectivity index (χ1n) is 9.05. The molecule has 0 aliphatic heterocycles. The average Bonchev–Trinajstić information content (AvgIpc) is 3.51. The average molecular weight is 368 g/mol. The van der Waals surface area contributed by atoms with E-state index in [4.69, 9.17) is 9.47 Å². The molecule has 3 rings (SSSR count). The second kappa shape index (κ2) is 9.19. The number of nitrogens with one attached hydrogen (secondary N) is 2. The summed E-state index contributed by atoms with van der Waals surface area (Å²) < 4.78 is 10.6. The van der Waals surface area contributed by atoms with Gasteiger partial charge in [0.05, 0.1) is 24.9 Å². The van der Waals surface area contributed by atoms with E-state index in [-0.39, 0.29) is 12.5 Å². The molecular weight excluding hydrogens is 344 g/mol. The zero-order valence-electron chi connectivity index (χ0n) is 15.4. The lowest BCUT2D eigenvalue weighted by Crippen LogP contribution is -2.29. The smallest absolute Gasteiger partial charge is 0.337 e. The normalized spacial score (nSPS) is 13.1. The van der Waals surface area contributed by atoms with Crippen LogP contribution < -0.4 is 15.4 Å². The lowest BCUT2D eigenvalue weighted by atomic mass is 10.2. The van der Waals surface area contributed by atoms with Gasteiger partial charge < -0.3 is 20.1 Å². The second-order valence-electron chi connectivity index (χ2n) is 6.60. The first kappa shape index (κ1) is 18.9. The molecule has 1 aliphatic carbocycles. The molecule has 6 nitrogen and oxygen atoms in total. The minimum atomic E-state index is -0.466. The molecule has 1 amide bonds. The van der Waals surface area contributed by atoms with Crippen LogP contribution in [0.25, 0.3) is 0 Å². The highest BCUT2D eigenvalue weighted by Gasteiger charge is 2.21. The van der Waals surface area contributed by atoms with Crippen molar-refractivity contribution >= 4 is 17.6 Å². The van der Waals surface area contributed by atoms with Gasteiger partial charge in [0.2, 0.25) is 5.91 Å². The van der Waals surface area contributed by atoms with Crippen LogP contribution in [-0.2, 0) is 16.1 Å². The van der Waals surface area contributed by atoms with Crippen LogP contribution in [-0.4, -0.2) is 32.1 Å². The molecule has 1 aliphatic rings. The monoisotopic (exact) mass is 368 g/mol. The van der Waals surface area contributed by atoms with Gasteiger partial charge in [-0.2, -0.15) is 0 Å². The molecule has 0 heterocycles. The molecule has 1 fully saturated rings. The minimum absolute atomic E-state index is 0.178. The molecule has 142 valence electrons. The number of benzene rings is 2. The molecule has 0 aromatic heterocycles. The number of carbonyl (C=O) groups excluding carboxylic acids is 2. The first-order chi connectivity index (χ1) is 13.2. The van der Waals surface area contributed by atoms with Gasteiger partial charge in [0.25, 0.3) is 0 Å². The number of methoxy groups -OCH3 is 1. The highest BCUT2D eigenvalue weighted by Crippen LogP contribution is 2.28. The Kier molecular flexibility index (Phi) is 6.44. The molecule has 27 heavy (non-hydrogen) atoms. The van der Waals surface area contributed by atoms with E-state index in [1.165, 1.54) is 20.0 Å². The quantitative estimate of drug-likeness (QED) is 0.666. The van der Waals surface area contributed by atoms with Crippen LogP contribution in [0.4, 0.5) is 5.69 Å². The van der Waals surface area contributed by atoms with E-state index < -0.39 is 5.97 Å². The topological polar surface area (TPSA) is 76.7 Å². The lowest BCUT2D eigenvalue weighted by molar-refractivity contribution is -0.115. The minimum Gasteiger partial charge on any atom is -0.487 e. The van der Waals surface area contributed by atoms with Crippen LogP contribution in [0.5, 0.6) is 5.75 Å². The Morgan fingerprint density at radius 2 is 1.89 bits per heavy atom. The number of esters is 1. The number of rotatable bonds is 9. The van der Waals surface area contributed by atoms with Crippen molar-refractivity contribution in [2.45, 2.75) is 19.4 Å². The van der Waals surface area contributed by atoms with Crippen molar-refractivity contribution in [3.8, 4) is 5.75 Å². The second-order valence-corrected chi connectivity index (χ2v) is 6.60. The fourth-order valence-electron chi connectivity index (χ4n) is 2.64. The molecule has 6 heteroatoms. The summed E-state index contributed by atoms with van der Waals surface area (Å²) in [7, 11) is 1.32. The van der Waals surface area contributed by atoms with Crippen LogP contribution in [0.3, 0.4) is 0 Å². The van der Waals surface area contributed by atoms with Gasteiger partial charge in [0.15, 0.2) is 0 Å². The maximum Gasteiger partial charge on any atom is 0.337 e. The van der Waals surface area contributed by atoms with Crippen LogP contribution in [0.15, 0.2) is 48.5 Å². The van der Waals surface area contributed by atoms with Crippen LogP contribution in [0.2, 0.25) is 0 Å². The number of hydrogen-bond donors (Lipinski definition) is 2. The molecule has 2 aromatic carbocycles. The lowest BCUT2D eigenvalue weighted by Gasteiger charge is -2.14. The van der Waals surface area contributed by atoms with Crippen LogP contribution in [0, 0.1) is 5.92 Å². The Labute approximate surface area is 158 Å². The molecular formula is C21H24N2O4. The van der Waals surface area contributed by atoms with Crippen LogP contribution in [0.1, 0.15) is 28.8 Å². The Bertz CT molecular complexity index is 788. The van der Waals surface area contributed by atoms with Gasteiger partial charge in [-0.1, -0.05) is 30.3 Å². The fourth-order valence-corrected chi connectivity index (χ4v) is 2.64. The molecule has 0 radical (unpaired) electrons. The number of anilines is 1. The van der Waals surface area contributed by atoms with Crippen molar-refractivity contribution in [1.82, 2.24) is 5.32 Å². The van der Waals surface area contributed by atoms with Crippen molar-refractivity contribution in [2.75, 3.05) is 25.5 Å². The maximum atomic E-state index is 12.2. The standard InChI is InChI=1S/C21H24N2O4/c1-26-21(25)17-9-10-19(27-14-16-5-3-2-4-6-16)18(11-17)23-20(24)13-22-12-15-7-8-15/h2-6,9-11,15,22H,7-8,12-14H2,1H3,(H,23,24). The molecule has 0 spiro atoms. The number of amides is 1. The van der Waals surface area contributed by atoms with Crippen LogP contribution >= 0.6 is 0 Å². The molecule has 0 atom stereocenters. The summed E-state index contributed by atoms with van der Waals surface area (Å²) in [5, 5.41) is 5.97. The summed E-state index contributed by atoms with van der Waals surface area (Å²) >= 11 is 0. The number of hydrogen-bond acceptors (Lipinski definition) is 5. The molecule has 0 saturated heterocycles. The molecule has 1 saturated carbocycles. The maximum absolute atomic E-state index is 12.2. The third kappa shape index (κ3) is 5.82. The molecule has 0 unspecified atom stereocenters. The summed E-state index contributed by atoms with van der Waals surface area (Å²) in [6.07, 6.45) is 2.46. The molecule has 2 N–H and O–H groups in total. The highest BCUT2D eigenvalue weighted by molar-refractivity contribution is 5.96. The summed E-state index contributed by atoms with van der Waals surface area (Å²) in [5.74, 6) is 0.557. The Hall–Kier alpha value is -2.86. The van der Waals surface area contributed by atoms with Gasteiger partial charge in [-0.05, 0) is 49.1 Å². The van der Waals surface area contributed by atoms with Gasteiger partial charge in [-0.3, -0.25) is 4.79 Å².